The average Bonchev–Trinajstić information content (AvgIpc) is 3.22. The van der Waals surface area contributed by atoms with E-state index in [9.17, 15) is 9.59 Å². The Hall–Kier alpha value is -3.71. The molecule has 1 aromatic heterocycles. The molecule has 6 nitrogen and oxygen atoms in total. The standard InChI is InChI=1S/C24H20N4O2S/c1-17(29)25-20-14-12-19(13-15-20)23-26-27-24(28(23)21-10-6-3-7-11-21)31-16-22(30)18-8-4-2-5-9-18/h2-15H,16H2,1H3,(H,25,29). The lowest BCUT2D eigenvalue weighted by Gasteiger charge is -2.11. The summed E-state index contributed by atoms with van der Waals surface area (Å²) in [6.07, 6.45) is 0. The van der Waals surface area contributed by atoms with Crippen LogP contribution in [0.25, 0.3) is 17.1 Å². The van der Waals surface area contributed by atoms with E-state index in [2.05, 4.69) is 15.5 Å². The Kier molecular flexibility index (Phi) is 6.24. The summed E-state index contributed by atoms with van der Waals surface area (Å²) in [5.41, 5.74) is 3.15. The van der Waals surface area contributed by atoms with Crippen LogP contribution in [0.5, 0.6) is 0 Å². The number of carbonyl (C=O) groups excluding carboxylic acids is 2. The van der Waals surface area contributed by atoms with Gasteiger partial charge in [-0.25, -0.2) is 0 Å². The van der Waals surface area contributed by atoms with Gasteiger partial charge < -0.3 is 5.32 Å². The summed E-state index contributed by atoms with van der Waals surface area (Å²) < 4.78 is 1.94. The molecule has 31 heavy (non-hydrogen) atoms. The van der Waals surface area contributed by atoms with E-state index in [1.54, 1.807) is 0 Å². The highest BCUT2D eigenvalue weighted by Gasteiger charge is 2.17. The van der Waals surface area contributed by atoms with Gasteiger partial charge in [-0.05, 0) is 36.4 Å². The van der Waals surface area contributed by atoms with E-state index in [0.29, 0.717) is 22.2 Å². The Morgan fingerprint density at radius 2 is 1.52 bits per heavy atom. The molecular formula is C24H20N4O2S. The van der Waals surface area contributed by atoms with E-state index in [0.717, 1.165) is 11.3 Å². The Morgan fingerprint density at radius 1 is 0.871 bits per heavy atom. The summed E-state index contributed by atoms with van der Waals surface area (Å²) in [4.78, 5) is 23.8. The molecule has 0 aliphatic heterocycles. The average molecular weight is 429 g/mol. The van der Waals surface area contributed by atoms with E-state index in [1.165, 1.54) is 18.7 Å². The molecule has 0 radical (unpaired) electrons. The van der Waals surface area contributed by atoms with Crippen molar-refractivity contribution in [2.24, 2.45) is 0 Å². The van der Waals surface area contributed by atoms with Gasteiger partial charge >= 0.3 is 0 Å². The van der Waals surface area contributed by atoms with Crippen LogP contribution in [0.2, 0.25) is 0 Å². The smallest absolute Gasteiger partial charge is 0.221 e. The van der Waals surface area contributed by atoms with Crippen LogP contribution in [0.4, 0.5) is 5.69 Å². The van der Waals surface area contributed by atoms with Gasteiger partial charge in [-0.3, -0.25) is 14.2 Å². The number of rotatable bonds is 7. The molecule has 0 saturated heterocycles. The number of amides is 1. The molecule has 7 heteroatoms. The second-order valence-corrected chi connectivity index (χ2v) is 7.76. The minimum absolute atomic E-state index is 0.0365. The quantitative estimate of drug-likeness (QED) is 0.336. The van der Waals surface area contributed by atoms with Crippen LogP contribution >= 0.6 is 11.8 Å². The highest BCUT2D eigenvalue weighted by Crippen LogP contribution is 2.29. The number of ketones is 1. The molecule has 0 atom stereocenters. The lowest BCUT2D eigenvalue weighted by atomic mass is 10.2. The second-order valence-electron chi connectivity index (χ2n) is 6.81. The van der Waals surface area contributed by atoms with Gasteiger partial charge in [-0.15, -0.1) is 10.2 Å². The highest BCUT2D eigenvalue weighted by molar-refractivity contribution is 7.99. The monoisotopic (exact) mass is 428 g/mol. The summed E-state index contributed by atoms with van der Waals surface area (Å²) in [5.74, 6) is 0.836. The number of nitrogens with zero attached hydrogens (tertiary/aromatic N) is 3. The molecule has 0 fully saturated rings. The number of hydrogen-bond acceptors (Lipinski definition) is 5. The molecule has 1 N–H and O–H groups in total. The number of aromatic nitrogens is 3. The van der Waals surface area contributed by atoms with Crippen molar-refractivity contribution < 1.29 is 9.59 Å². The number of para-hydroxylation sites is 1. The van der Waals surface area contributed by atoms with Crippen LogP contribution in [0.3, 0.4) is 0 Å². The zero-order valence-corrected chi connectivity index (χ0v) is 17.7. The largest absolute Gasteiger partial charge is 0.326 e. The third-order valence-corrected chi connectivity index (χ3v) is 5.47. The van der Waals surface area contributed by atoms with E-state index >= 15 is 0 Å². The molecule has 0 unspecified atom stereocenters. The third kappa shape index (κ3) is 4.90. The van der Waals surface area contributed by atoms with E-state index in [-0.39, 0.29) is 17.4 Å². The van der Waals surface area contributed by atoms with Crippen molar-refractivity contribution >= 4 is 29.1 Å². The molecule has 154 valence electrons. The highest BCUT2D eigenvalue weighted by atomic mass is 32.2. The molecule has 0 aliphatic carbocycles. The van der Waals surface area contributed by atoms with Gasteiger partial charge in [-0.2, -0.15) is 0 Å². The Balaban J connectivity index is 1.65. The summed E-state index contributed by atoms with van der Waals surface area (Å²) >= 11 is 1.35. The van der Waals surface area contributed by atoms with Gasteiger partial charge in [0.15, 0.2) is 16.8 Å². The van der Waals surface area contributed by atoms with Crippen LogP contribution in [0.1, 0.15) is 17.3 Å². The lowest BCUT2D eigenvalue weighted by Crippen LogP contribution is -2.06. The predicted molar refractivity (Wildman–Crippen MR) is 123 cm³/mol. The fraction of sp³-hybridized carbons (Fsp3) is 0.0833. The van der Waals surface area contributed by atoms with E-state index < -0.39 is 0 Å². The molecule has 1 amide bonds. The summed E-state index contributed by atoms with van der Waals surface area (Å²) in [7, 11) is 0. The van der Waals surface area contributed by atoms with Gasteiger partial charge in [0.2, 0.25) is 5.91 Å². The maximum atomic E-state index is 12.6. The van der Waals surface area contributed by atoms with Crippen molar-refractivity contribution in [1.29, 1.82) is 0 Å². The number of thioether (sulfide) groups is 1. The van der Waals surface area contributed by atoms with Crippen molar-refractivity contribution in [1.82, 2.24) is 14.8 Å². The number of benzene rings is 3. The summed E-state index contributed by atoms with van der Waals surface area (Å²) in [6, 6.07) is 26.4. The number of anilines is 1. The molecule has 0 saturated carbocycles. The van der Waals surface area contributed by atoms with E-state index in [4.69, 9.17) is 0 Å². The first-order valence-corrected chi connectivity index (χ1v) is 10.7. The lowest BCUT2D eigenvalue weighted by molar-refractivity contribution is -0.114. The van der Waals surface area contributed by atoms with E-state index in [1.807, 2.05) is 89.5 Å². The van der Waals surface area contributed by atoms with Crippen LogP contribution < -0.4 is 5.32 Å². The zero-order valence-electron chi connectivity index (χ0n) is 16.9. The molecule has 1 heterocycles. The first kappa shape index (κ1) is 20.6. The molecule has 4 aromatic rings. The van der Waals surface area contributed by atoms with Crippen molar-refractivity contribution in [2.45, 2.75) is 12.1 Å². The van der Waals surface area contributed by atoms with Gasteiger partial charge in [0.05, 0.1) is 5.75 Å². The van der Waals surface area contributed by atoms with Gasteiger partial charge in [0.1, 0.15) is 0 Å². The van der Waals surface area contributed by atoms with Gasteiger partial charge in [0, 0.05) is 29.4 Å². The minimum atomic E-state index is -0.123. The van der Waals surface area contributed by atoms with Crippen LogP contribution in [-0.4, -0.2) is 32.2 Å². The minimum Gasteiger partial charge on any atom is -0.326 e. The Bertz CT molecular complexity index is 1190. The van der Waals surface area contributed by atoms with Crippen LogP contribution in [0.15, 0.2) is 90.1 Å². The fourth-order valence-electron chi connectivity index (χ4n) is 3.10. The molecule has 0 bridgehead atoms. The first-order valence-electron chi connectivity index (χ1n) is 9.72. The topological polar surface area (TPSA) is 76.9 Å². The van der Waals surface area contributed by atoms with Crippen molar-refractivity contribution in [3.8, 4) is 17.1 Å². The normalized spacial score (nSPS) is 10.6. The van der Waals surface area contributed by atoms with Gasteiger partial charge in [-0.1, -0.05) is 60.3 Å². The summed E-state index contributed by atoms with van der Waals surface area (Å²) in [6.45, 7) is 1.47. The number of Topliss-reactive ketones (excluding diaryl/α,β-unsaturated/α-hetero) is 1. The first-order chi connectivity index (χ1) is 15.1. The second kappa shape index (κ2) is 9.40. The van der Waals surface area contributed by atoms with Crippen molar-refractivity contribution in [3.05, 3.63) is 90.5 Å². The third-order valence-electron chi connectivity index (χ3n) is 4.54. The molecule has 0 aliphatic rings. The van der Waals surface area contributed by atoms with Crippen LogP contribution in [0, 0.1) is 0 Å². The molecule has 4 rings (SSSR count). The maximum Gasteiger partial charge on any atom is 0.221 e. The van der Waals surface area contributed by atoms with Gasteiger partial charge in [0.25, 0.3) is 0 Å². The fourth-order valence-corrected chi connectivity index (χ4v) is 3.95. The van der Waals surface area contributed by atoms with Crippen molar-refractivity contribution in [2.75, 3.05) is 11.1 Å². The molecule has 3 aromatic carbocycles. The number of carbonyl (C=O) groups is 2. The molecular weight excluding hydrogens is 408 g/mol. The Labute approximate surface area is 184 Å². The number of nitrogens with one attached hydrogen (secondary N) is 1. The predicted octanol–water partition coefficient (Wildman–Crippen LogP) is 4.87. The number of hydrogen-bond donors (Lipinski definition) is 1. The molecule has 0 spiro atoms. The maximum absolute atomic E-state index is 12.6. The zero-order chi connectivity index (χ0) is 21.6. The summed E-state index contributed by atoms with van der Waals surface area (Å²) in [5, 5.41) is 12.2. The van der Waals surface area contributed by atoms with Crippen molar-refractivity contribution in [3.63, 3.8) is 0 Å². The van der Waals surface area contributed by atoms with Crippen LogP contribution in [-0.2, 0) is 4.79 Å². The Morgan fingerprint density at radius 3 is 2.16 bits per heavy atom. The SMILES string of the molecule is CC(=O)Nc1ccc(-c2nnc(SCC(=O)c3ccccc3)n2-c2ccccc2)cc1.